The Labute approximate surface area is 161 Å². The van der Waals surface area contributed by atoms with Gasteiger partial charge in [-0.15, -0.1) is 0 Å². The number of amides is 3. The second kappa shape index (κ2) is 7.42. The maximum Gasteiger partial charge on any atom is 0.417 e. The van der Waals surface area contributed by atoms with E-state index in [1.54, 1.807) is 29.2 Å². The standard InChI is InChI=1S/C21H19FN2O4/c22-17-7-5-15(6-8-17)14-1-3-16(4-2-14)20(26)23-11-9-18(10-12-23)24-19(25)13-28-21(24)27/h1-8,18H,9-13H2. The second-order valence-electron chi connectivity index (χ2n) is 6.93. The van der Waals surface area contributed by atoms with Gasteiger partial charge in [0.1, 0.15) is 5.82 Å². The first-order valence-corrected chi connectivity index (χ1v) is 9.17. The number of piperidine rings is 1. The molecule has 2 fully saturated rings. The van der Waals surface area contributed by atoms with Gasteiger partial charge in [-0.3, -0.25) is 9.59 Å². The largest absolute Gasteiger partial charge is 0.439 e. The molecule has 0 bridgehead atoms. The van der Waals surface area contributed by atoms with Gasteiger partial charge in [-0.1, -0.05) is 24.3 Å². The van der Waals surface area contributed by atoms with Crippen molar-refractivity contribution in [1.29, 1.82) is 0 Å². The Kier molecular flexibility index (Phi) is 4.81. The monoisotopic (exact) mass is 382 g/mol. The molecule has 3 amide bonds. The molecule has 0 spiro atoms. The summed E-state index contributed by atoms with van der Waals surface area (Å²) in [5.41, 5.74) is 2.35. The molecule has 2 aliphatic heterocycles. The van der Waals surface area contributed by atoms with E-state index in [1.807, 2.05) is 12.1 Å². The lowest BCUT2D eigenvalue weighted by Crippen LogP contribution is -2.48. The number of nitrogens with zero attached hydrogens (tertiary/aromatic N) is 2. The third-order valence-electron chi connectivity index (χ3n) is 5.21. The van der Waals surface area contributed by atoms with Crippen LogP contribution in [0.5, 0.6) is 0 Å². The topological polar surface area (TPSA) is 66.9 Å². The zero-order valence-corrected chi connectivity index (χ0v) is 15.1. The van der Waals surface area contributed by atoms with Crippen molar-refractivity contribution in [2.45, 2.75) is 18.9 Å². The number of imide groups is 1. The van der Waals surface area contributed by atoms with Gasteiger partial charge in [-0.25, -0.2) is 14.1 Å². The fourth-order valence-electron chi connectivity index (χ4n) is 3.67. The Bertz CT molecular complexity index is 887. The van der Waals surface area contributed by atoms with E-state index in [4.69, 9.17) is 4.74 Å². The van der Waals surface area contributed by atoms with Gasteiger partial charge < -0.3 is 9.64 Å². The van der Waals surface area contributed by atoms with Crippen LogP contribution < -0.4 is 0 Å². The summed E-state index contributed by atoms with van der Waals surface area (Å²) in [6.45, 7) is 0.749. The van der Waals surface area contributed by atoms with E-state index in [0.717, 1.165) is 11.1 Å². The van der Waals surface area contributed by atoms with Crippen LogP contribution in [-0.4, -0.2) is 53.4 Å². The average Bonchev–Trinajstić information content (AvgIpc) is 3.06. The highest BCUT2D eigenvalue weighted by atomic mass is 19.1. The molecule has 144 valence electrons. The summed E-state index contributed by atoms with van der Waals surface area (Å²) in [5.74, 6) is -0.687. The minimum absolute atomic E-state index is 0.0839. The summed E-state index contributed by atoms with van der Waals surface area (Å²) in [6, 6.07) is 13.2. The summed E-state index contributed by atoms with van der Waals surface area (Å²) in [6.07, 6.45) is 0.492. The van der Waals surface area contributed by atoms with E-state index in [-0.39, 0.29) is 30.3 Å². The molecule has 2 heterocycles. The molecule has 2 aromatic rings. The minimum Gasteiger partial charge on any atom is -0.439 e. The number of hydrogen-bond donors (Lipinski definition) is 0. The smallest absolute Gasteiger partial charge is 0.417 e. The normalized spacial score (nSPS) is 17.8. The molecule has 0 unspecified atom stereocenters. The summed E-state index contributed by atoms with van der Waals surface area (Å²) >= 11 is 0. The van der Waals surface area contributed by atoms with Gasteiger partial charge in [0.2, 0.25) is 0 Å². The van der Waals surface area contributed by atoms with Crippen molar-refractivity contribution in [3.63, 3.8) is 0 Å². The van der Waals surface area contributed by atoms with Gasteiger partial charge >= 0.3 is 6.09 Å². The highest BCUT2D eigenvalue weighted by Crippen LogP contribution is 2.24. The number of cyclic esters (lactones) is 1. The summed E-state index contributed by atoms with van der Waals surface area (Å²) < 4.78 is 17.8. The number of likely N-dealkylation sites (tertiary alicyclic amines) is 1. The van der Waals surface area contributed by atoms with Crippen LogP contribution >= 0.6 is 0 Å². The third-order valence-corrected chi connectivity index (χ3v) is 5.21. The maximum atomic E-state index is 13.1. The van der Waals surface area contributed by atoms with Crippen LogP contribution in [0.1, 0.15) is 23.2 Å². The lowest BCUT2D eigenvalue weighted by Gasteiger charge is -2.34. The molecule has 0 aliphatic carbocycles. The Hall–Kier alpha value is -3.22. The molecule has 28 heavy (non-hydrogen) atoms. The fraction of sp³-hybridized carbons (Fsp3) is 0.286. The molecule has 4 rings (SSSR count). The van der Waals surface area contributed by atoms with Crippen molar-refractivity contribution >= 4 is 17.9 Å². The zero-order chi connectivity index (χ0) is 19.7. The van der Waals surface area contributed by atoms with Gasteiger partial charge in [-0.2, -0.15) is 0 Å². The molecule has 2 aromatic carbocycles. The number of rotatable bonds is 3. The Balaban J connectivity index is 1.39. The van der Waals surface area contributed by atoms with Gasteiger partial charge in [0.25, 0.3) is 11.8 Å². The average molecular weight is 382 g/mol. The van der Waals surface area contributed by atoms with Crippen molar-refractivity contribution in [2.75, 3.05) is 19.7 Å². The van der Waals surface area contributed by atoms with Crippen molar-refractivity contribution in [1.82, 2.24) is 9.80 Å². The number of carbonyl (C=O) groups excluding carboxylic acids is 3. The van der Waals surface area contributed by atoms with E-state index < -0.39 is 6.09 Å². The minimum atomic E-state index is -0.592. The zero-order valence-electron chi connectivity index (χ0n) is 15.1. The van der Waals surface area contributed by atoms with E-state index in [2.05, 4.69) is 0 Å². The van der Waals surface area contributed by atoms with Gasteiger partial charge in [0, 0.05) is 24.7 Å². The lowest BCUT2D eigenvalue weighted by molar-refractivity contribution is -0.127. The maximum absolute atomic E-state index is 13.1. The van der Waals surface area contributed by atoms with E-state index in [0.29, 0.717) is 31.5 Å². The molecule has 2 saturated heterocycles. The Morgan fingerprint density at radius 2 is 1.50 bits per heavy atom. The van der Waals surface area contributed by atoms with Gasteiger partial charge in [0.15, 0.2) is 6.61 Å². The number of benzene rings is 2. The number of ether oxygens (including phenoxy) is 1. The number of hydrogen-bond acceptors (Lipinski definition) is 4. The number of carbonyl (C=O) groups is 3. The highest BCUT2D eigenvalue weighted by Gasteiger charge is 2.39. The van der Waals surface area contributed by atoms with Gasteiger partial charge in [0.05, 0.1) is 0 Å². The fourth-order valence-corrected chi connectivity index (χ4v) is 3.67. The SMILES string of the molecule is O=C(c1ccc(-c2ccc(F)cc2)cc1)N1CCC(N2C(=O)COC2=O)CC1. The predicted molar refractivity (Wildman–Crippen MR) is 99.0 cm³/mol. The van der Waals surface area contributed by atoms with Crippen molar-refractivity contribution in [2.24, 2.45) is 0 Å². The molecule has 0 N–H and O–H groups in total. The first-order chi connectivity index (χ1) is 13.5. The van der Waals surface area contributed by atoms with E-state index in [9.17, 15) is 18.8 Å². The van der Waals surface area contributed by atoms with Crippen molar-refractivity contribution in [3.8, 4) is 11.1 Å². The van der Waals surface area contributed by atoms with E-state index in [1.165, 1.54) is 17.0 Å². The molecule has 0 radical (unpaired) electrons. The van der Waals surface area contributed by atoms with Crippen LogP contribution in [-0.2, 0) is 9.53 Å². The first kappa shape index (κ1) is 18.2. The molecule has 0 saturated carbocycles. The van der Waals surface area contributed by atoms with Crippen molar-refractivity contribution < 1.29 is 23.5 Å². The highest BCUT2D eigenvalue weighted by molar-refractivity contribution is 5.98. The van der Waals surface area contributed by atoms with Crippen LogP contribution in [0.4, 0.5) is 9.18 Å². The van der Waals surface area contributed by atoms with Crippen LogP contribution in [0.3, 0.4) is 0 Å². The van der Waals surface area contributed by atoms with E-state index >= 15 is 0 Å². The molecular weight excluding hydrogens is 363 g/mol. The summed E-state index contributed by atoms with van der Waals surface area (Å²) in [4.78, 5) is 39.1. The molecular formula is C21H19FN2O4. The quantitative estimate of drug-likeness (QED) is 0.818. The molecule has 7 heteroatoms. The lowest BCUT2D eigenvalue weighted by atomic mass is 10.0. The van der Waals surface area contributed by atoms with Crippen LogP contribution in [0.2, 0.25) is 0 Å². The summed E-state index contributed by atoms with van der Waals surface area (Å²) in [7, 11) is 0. The first-order valence-electron chi connectivity index (χ1n) is 9.17. The Morgan fingerprint density at radius 3 is 2.04 bits per heavy atom. The van der Waals surface area contributed by atoms with Crippen molar-refractivity contribution in [3.05, 3.63) is 59.9 Å². The van der Waals surface area contributed by atoms with Crippen LogP contribution in [0.25, 0.3) is 11.1 Å². The molecule has 2 aliphatic rings. The van der Waals surface area contributed by atoms with Crippen LogP contribution in [0.15, 0.2) is 48.5 Å². The molecule has 0 aromatic heterocycles. The number of halogens is 1. The second-order valence-corrected chi connectivity index (χ2v) is 6.93. The van der Waals surface area contributed by atoms with Gasteiger partial charge in [-0.05, 0) is 48.2 Å². The van der Waals surface area contributed by atoms with Crippen LogP contribution in [0, 0.1) is 5.82 Å². The predicted octanol–water partition coefficient (Wildman–Crippen LogP) is 3.08. The Morgan fingerprint density at radius 1 is 0.929 bits per heavy atom. The third kappa shape index (κ3) is 3.47. The summed E-state index contributed by atoms with van der Waals surface area (Å²) in [5, 5.41) is 0. The molecule has 0 atom stereocenters. The molecule has 6 nitrogen and oxygen atoms in total.